The molecule has 0 radical (unpaired) electrons. The van der Waals surface area contributed by atoms with Gasteiger partial charge in [0.05, 0.1) is 0 Å². The van der Waals surface area contributed by atoms with E-state index in [0.717, 1.165) is 12.1 Å². The van der Waals surface area contributed by atoms with Crippen LogP contribution in [0, 0.1) is 5.92 Å². The largest absolute Gasteiger partial charge is 0.481 e. The van der Waals surface area contributed by atoms with Crippen LogP contribution < -0.4 is 0 Å². The minimum atomic E-state index is -0.948. The van der Waals surface area contributed by atoms with Crippen molar-refractivity contribution < 1.29 is 29.3 Å². The van der Waals surface area contributed by atoms with Gasteiger partial charge < -0.3 is 19.8 Å². The number of benzene rings is 2. The number of esters is 1. The molecule has 0 saturated carbocycles. The summed E-state index contributed by atoms with van der Waals surface area (Å²) >= 11 is 0. The molecule has 2 atom stereocenters. The van der Waals surface area contributed by atoms with Crippen molar-refractivity contribution in [2.24, 2.45) is 5.92 Å². The van der Waals surface area contributed by atoms with E-state index >= 15 is 0 Å². The lowest BCUT2D eigenvalue weighted by molar-refractivity contribution is -0.168. The van der Waals surface area contributed by atoms with Gasteiger partial charge in [0.1, 0.15) is 5.60 Å². The first-order valence-corrected chi connectivity index (χ1v) is 11.5. The predicted molar refractivity (Wildman–Crippen MR) is 131 cm³/mol. The van der Waals surface area contributed by atoms with Crippen molar-refractivity contribution in [2.45, 2.75) is 51.6 Å². The molecule has 0 heterocycles. The molecule has 2 aromatic rings. The monoisotopic (exact) mass is 471 g/mol. The highest BCUT2D eigenvalue weighted by molar-refractivity contribution is 5.70. The summed E-state index contributed by atoms with van der Waals surface area (Å²) in [6, 6.07) is 20.4. The molecular weight excluding hydrogens is 434 g/mol. The third kappa shape index (κ3) is 10.2. The number of carboxylic acids is 2. The molecule has 0 aromatic heterocycles. The van der Waals surface area contributed by atoms with Gasteiger partial charge >= 0.3 is 17.9 Å². The summed E-state index contributed by atoms with van der Waals surface area (Å²) in [6.45, 7) is 4.84. The van der Waals surface area contributed by atoms with Crippen LogP contribution in [0.2, 0.25) is 0 Å². The van der Waals surface area contributed by atoms with Crippen LogP contribution in [0.4, 0.5) is 0 Å². The highest BCUT2D eigenvalue weighted by Crippen LogP contribution is 2.38. The Bertz CT molecular complexity index is 871. The third-order valence-corrected chi connectivity index (χ3v) is 5.37. The number of rotatable bonds is 12. The fourth-order valence-corrected chi connectivity index (χ4v) is 3.74. The Morgan fingerprint density at radius 2 is 1.41 bits per heavy atom. The first-order valence-electron chi connectivity index (χ1n) is 11.5. The van der Waals surface area contributed by atoms with Crippen LogP contribution in [-0.4, -0.2) is 53.7 Å². The van der Waals surface area contributed by atoms with E-state index in [4.69, 9.17) is 14.9 Å². The number of ether oxygens (including phenoxy) is 1. The standard InChI is InChI=1S/C22H29NO2.C5H8O4/c1-5-21(24)25-22(18(2)17-23(3)4,20-14-10-7-11-15-20)16-19-12-8-6-9-13-19;6-4(7)2-1-3-5(8)9/h6-15,18H,5,16-17H2,1-4H3;1-3H2,(H,6,7)(H,8,9). The predicted octanol–water partition coefficient (Wildman–Crippen LogP) is 4.60. The second kappa shape index (κ2) is 14.9. The smallest absolute Gasteiger partial charge is 0.306 e. The normalized spacial score (nSPS) is 13.2. The van der Waals surface area contributed by atoms with Crippen molar-refractivity contribution in [2.75, 3.05) is 20.6 Å². The average Bonchev–Trinajstić information content (AvgIpc) is 2.79. The van der Waals surface area contributed by atoms with Crippen molar-refractivity contribution in [1.82, 2.24) is 4.90 Å². The molecule has 0 aliphatic carbocycles. The number of nitrogens with zero attached hydrogens (tertiary/aromatic N) is 1. The van der Waals surface area contributed by atoms with Gasteiger partial charge in [-0.15, -0.1) is 0 Å². The first kappa shape index (κ1) is 28.8. The number of carbonyl (C=O) groups excluding carboxylic acids is 1. The molecule has 2 rings (SSSR count). The van der Waals surface area contributed by atoms with Gasteiger partial charge in [-0.05, 0) is 31.6 Å². The van der Waals surface area contributed by atoms with Crippen molar-refractivity contribution in [1.29, 1.82) is 0 Å². The molecule has 0 saturated heterocycles. The van der Waals surface area contributed by atoms with Crippen LogP contribution >= 0.6 is 0 Å². The summed E-state index contributed by atoms with van der Waals surface area (Å²) in [6.07, 6.45) is 1.12. The van der Waals surface area contributed by atoms with Crippen molar-refractivity contribution in [3.05, 3.63) is 71.8 Å². The third-order valence-electron chi connectivity index (χ3n) is 5.37. The molecule has 186 valence electrons. The minimum absolute atomic E-state index is 0.0632. The summed E-state index contributed by atoms with van der Waals surface area (Å²) in [4.78, 5) is 34.1. The lowest BCUT2D eigenvalue weighted by Gasteiger charge is -2.40. The zero-order valence-corrected chi connectivity index (χ0v) is 20.6. The van der Waals surface area contributed by atoms with Crippen molar-refractivity contribution in [3.8, 4) is 0 Å². The van der Waals surface area contributed by atoms with Gasteiger partial charge in [0.25, 0.3) is 0 Å². The van der Waals surface area contributed by atoms with Gasteiger partial charge in [0, 0.05) is 38.1 Å². The Hall–Kier alpha value is -3.19. The fraction of sp³-hybridized carbons (Fsp3) is 0.444. The van der Waals surface area contributed by atoms with Gasteiger partial charge in [-0.2, -0.15) is 0 Å². The maximum Gasteiger partial charge on any atom is 0.306 e. The van der Waals surface area contributed by atoms with Crippen LogP contribution in [0.3, 0.4) is 0 Å². The second-order valence-electron chi connectivity index (χ2n) is 8.55. The van der Waals surface area contributed by atoms with Gasteiger partial charge in [0.15, 0.2) is 0 Å². The molecule has 0 bridgehead atoms. The lowest BCUT2D eigenvalue weighted by Crippen LogP contribution is -2.44. The number of hydrogen-bond acceptors (Lipinski definition) is 5. The van der Waals surface area contributed by atoms with Crippen LogP contribution in [0.15, 0.2) is 60.7 Å². The van der Waals surface area contributed by atoms with Gasteiger partial charge in [-0.3, -0.25) is 14.4 Å². The summed E-state index contributed by atoms with van der Waals surface area (Å²) in [5.41, 5.74) is 1.54. The SMILES string of the molecule is CCC(=O)OC(Cc1ccccc1)(c1ccccc1)C(C)CN(C)C.O=C(O)CCCC(=O)O. The van der Waals surface area contributed by atoms with E-state index in [2.05, 4.69) is 50.2 Å². The van der Waals surface area contributed by atoms with E-state index in [0.29, 0.717) is 12.8 Å². The van der Waals surface area contributed by atoms with Gasteiger partial charge in [0.2, 0.25) is 0 Å². The van der Waals surface area contributed by atoms with Crippen LogP contribution in [0.1, 0.15) is 50.7 Å². The molecule has 7 heteroatoms. The lowest BCUT2D eigenvalue weighted by atomic mass is 9.77. The molecule has 2 unspecified atom stereocenters. The van der Waals surface area contributed by atoms with Crippen LogP contribution in [0.25, 0.3) is 0 Å². The number of carbonyl (C=O) groups is 3. The minimum Gasteiger partial charge on any atom is -0.481 e. The zero-order valence-electron chi connectivity index (χ0n) is 20.6. The zero-order chi connectivity index (χ0) is 25.6. The molecule has 34 heavy (non-hydrogen) atoms. The molecule has 0 spiro atoms. The van der Waals surface area contributed by atoms with Gasteiger partial charge in [-0.25, -0.2) is 0 Å². The van der Waals surface area contributed by atoms with Gasteiger partial charge in [-0.1, -0.05) is 74.5 Å². The number of carboxylic acid groups (broad SMARTS) is 2. The fourth-order valence-electron chi connectivity index (χ4n) is 3.74. The quantitative estimate of drug-likeness (QED) is 0.436. The number of hydrogen-bond donors (Lipinski definition) is 2. The molecule has 2 N–H and O–H groups in total. The molecule has 2 aromatic carbocycles. The summed E-state index contributed by atoms with van der Waals surface area (Å²) in [5, 5.41) is 16.1. The number of aliphatic carboxylic acids is 2. The maximum atomic E-state index is 12.3. The Labute approximate surface area is 202 Å². The molecule has 0 aliphatic heterocycles. The molecular formula is C27H37NO6. The topological polar surface area (TPSA) is 104 Å². The molecule has 0 fully saturated rings. The van der Waals surface area contributed by atoms with E-state index in [1.54, 1.807) is 0 Å². The Morgan fingerprint density at radius 3 is 1.85 bits per heavy atom. The van der Waals surface area contributed by atoms with Crippen LogP contribution in [-0.2, 0) is 31.1 Å². The van der Waals surface area contributed by atoms with E-state index in [9.17, 15) is 14.4 Å². The molecule has 0 aliphatic rings. The Kier molecular flexibility index (Phi) is 12.6. The van der Waals surface area contributed by atoms with E-state index in [-0.39, 0.29) is 31.1 Å². The Morgan fingerprint density at radius 1 is 0.912 bits per heavy atom. The summed E-state index contributed by atoms with van der Waals surface area (Å²) < 4.78 is 6.17. The second-order valence-corrected chi connectivity index (χ2v) is 8.55. The maximum absolute atomic E-state index is 12.3. The van der Waals surface area contributed by atoms with E-state index in [1.807, 2.05) is 43.3 Å². The highest BCUT2D eigenvalue weighted by atomic mass is 16.6. The average molecular weight is 472 g/mol. The summed E-state index contributed by atoms with van der Waals surface area (Å²) in [5.74, 6) is -1.92. The van der Waals surface area contributed by atoms with E-state index < -0.39 is 17.5 Å². The van der Waals surface area contributed by atoms with E-state index in [1.165, 1.54) is 5.56 Å². The highest BCUT2D eigenvalue weighted by Gasteiger charge is 2.42. The van der Waals surface area contributed by atoms with Crippen molar-refractivity contribution in [3.63, 3.8) is 0 Å². The molecule has 0 amide bonds. The Balaban J connectivity index is 0.000000546. The van der Waals surface area contributed by atoms with Crippen molar-refractivity contribution >= 4 is 17.9 Å². The molecule has 7 nitrogen and oxygen atoms in total. The van der Waals surface area contributed by atoms with Crippen LogP contribution in [0.5, 0.6) is 0 Å². The summed E-state index contributed by atoms with van der Waals surface area (Å²) in [7, 11) is 4.10. The first-order chi connectivity index (χ1) is 16.1.